The van der Waals surface area contributed by atoms with Crippen LogP contribution in [0.25, 0.3) is 0 Å². The minimum atomic E-state index is -0.773. The summed E-state index contributed by atoms with van der Waals surface area (Å²) in [5.74, 6) is -0.969. The van der Waals surface area contributed by atoms with E-state index in [1.165, 1.54) is 44.6 Å². The van der Waals surface area contributed by atoms with Gasteiger partial charge in [-0.05, 0) is 36.4 Å². The van der Waals surface area contributed by atoms with Gasteiger partial charge in [-0.15, -0.1) is 0 Å². The van der Waals surface area contributed by atoms with Crippen LogP contribution in [-0.4, -0.2) is 32.2 Å². The zero-order valence-electron chi connectivity index (χ0n) is 16.9. The first kappa shape index (κ1) is 34.7. The predicted octanol–water partition coefficient (Wildman–Crippen LogP) is 1.15. The third-order valence-electron chi connectivity index (χ3n) is 2.49. The molecule has 0 aliphatic carbocycles. The molecule has 2 aromatic carbocycles. The fraction of sp³-hybridized carbons (Fsp3) is 0.118. The fourth-order valence-corrected chi connectivity index (χ4v) is 1.62. The van der Waals surface area contributed by atoms with E-state index in [0.29, 0.717) is 11.4 Å². The van der Waals surface area contributed by atoms with Gasteiger partial charge in [0, 0.05) is 23.0 Å². The molecule has 9 nitrogen and oxygen atoms in total. The maximum absolute atomic E-state index is 12.6. The minimum absolute atomic E-state index is 0. The van der Waals surface area contributed by atoms with Crippen LogP contribution >= 0.6 is 34.8 Å². The van der Waals surface area contributed by atoms with Crippen LogP contribution in [0.4, 0.5) is 29.7 Å². The van der Waals surface area contributed by atoms with E-state index in [-0.39, 0.29) is 46.1 Å². The maximum Gasteiger partial charge on any atom is 1.00 e. The summed E-state index contributed by atoms with van der Waals surface area (Å²) in [7, 11) is 2.45. The molecule has 172 valence electrons. The Balaban J connectivity index is -0.000000386. The number of halogens is 5. The van der Waals surface area contributed by atoms with Crippen molar-refractivity contribution in [1.82, 2.24) is 0 Å². The van der Waals surface area contributed by atoms with E-state index >= 15 is 0 Å². The molecule has 0 unspecified atom stereocenters. The number of rotatable bonds is 2. The van der Waals surface area contributed by atoms with E-state index < -0.39 is 23.2 Å². The number of methoxy groups -OCH3 is 2. The first-order valence-corrected chi connectivity index (χ1v) is 8.61. The standard InChI is InChI=1S/C8H7ClFNO2.C6H5ClFN.C2H3ClO2.CH2O3.Na/c1-13-8(12)11-5-2-3-7(10)6(9)4-5;7-5-3-4(9)1-2-6(5)8;1-5-2(3)4;2-1-4-3;/h2-4H,1H3,(H,11,12);1-3H,9H2;1H3;1,3H;/q;;;;+1/p-1. The largest absolute Gasteiger partial charge is 1.00 e. The van der Waals surface area contributed by atoms with Crippen molar-refractivity contribution in [2.75, 3.05) is 25.3 Å². The molecule has 0 radical (unpaired) electrons. The number of hydrogen-bond acceptors (Lipinski definition) is 8. The molecule has 3 N–H and O–H groups in total. The van der Waals surface area contributed by atoms with E-state index in [1.54, 1.807) is 0 Å². The Morgan fingerprint density at radius 2 is 1.47 bits per heavy atom. The molecule has 0 bridgehead atoms. The normalized spacial score (nSPS) is 8.25. The average Bonchev–Trinajstić information content (AvgIpc) is 2.74. The second-order valence-electron chi connectivity index (χ2n) is 4.55. The molecule has 2 rings (SSSR count). The molecule has 0 aliphatic heterocycles. The number of nitrogens with one attached hydrogen (secondary N) is 1. The fourth-order valence-electron chi connectivity index (χ4n) is 1.26. The van der Waals surface area contributed by atoms with Crippen molar-refractivity contribution in [3.63, 3.8) is 0 Å². The van der Waals surface area contributed by atoms with Gasteiger partial charge in [0.05, 0.1) is 24.3 Å². The molecular formula is C17H16Cl3F2N2NaO7. The number of nitrogen functional groups attached to an aromatic ring is 1. The molecule has 15 heteroatoms. The number of carbonyl (C=O) groups is 3. The van der Waals surface area contributed by atoms with Gasteiger partial charge in [-0.1, -0.05) is 23.2 Å². The monoisotopic (exact) mass is 526 g/mol. The molecule has 0 saturated carbocycles. The Morgan fingerprint density at radius 3 is 1.78 bits per heavy atom. The van der Waals surface area contributed by atoms with Crippen LogP contribution in [0.3, 0.4) is 0 Å². The Hall–Kier alpha value is -1.86. The smallest absolute Gasteiger partial charge is 0.662 e. The van der Waals surface area contributed by atoms with Crippen molar-refractivity contribution in [2.45, 2.75) is 0 Å². The van der Waals surface area contributed by atoms with Gasteiger partial charge >= 0.3 is 41.1 Å². The van der Waals surface area contributed by atoms with E-state index in [9.17, 15) is 18.4 Å². The molecule has 0 aliphatic rings. The summed E-state index contributed by atoms with van der Waals surface area (Å²) in [5.41, 5.74) is 5.36. The summed E-state index contributed by atoms with van der Waals surface area (Å²) in [6.45, 7) is -0.181. The number of benzene rings is 2. The first-order chi connectivity index (χ1) is 14.5. The van der Waals surface area contributed by atoms with Crippen LogP contribution in [0.1, 0.15) is 0 Å². The number of nitrogens with two attached hydrogens (primary N) is 1. The van der Waals surface area contributed by atoms with Crippen molar-refractivity contribution in [1.29, 1.82) is 0 Å². The molecule has 32 heavy (non-hydrogen) atoms. The van der Waals surface area contributed by atoms with Crippen LogP contribution in [0.2, 0.25) is 10.0 Å². The summed E-state index contributed by atoms with van der Waals surface area (Å²) >= 11 is 15.4. The van der Waals surface area contributed by atoms with E-state index in [2.05, 4.69) is 31.3 Å². The van der Waals surface area contributed by atoms with Crippen LogP contribution in [0, 0.1) is 11.6 Å². The molecular weight excluding hydrogens is 512 g/mol. The second kappa shape index (κ2) is 21.0. The van der Waals surface area contributed by atoms with Gasteiger partial charge in [0.1, 0.15) is 11.6 Å². The first-order valence-electron chi connectivity index (χ1n) is 7.48. The molecule has 0 fully saturated rings. The second-order valence-corrected chi connectivity index (χ2v) is 5.68. The van der Waals surface area contributed by atoms with Crippen LogP contribution < -0.4 is 45.9 Å². The average molecular weight is 528 g/mol. The van der Waals surface area contributed by atoms with Gasteiger partial charge in [-0.25, -0.2) is 18.4 Å². The molecule has 2 aromatic rings. The van der Waals surface area contributed by atoms with Gasteiger partial charge in [-0.3, -0.25) is 10.1 Å². The third kappa shape index (κ3) is 18.9. The Labute approximate surface area is 218 Å². The Bertz CT molecular complexity index is 852. The van der Waals surface area contributed by atoms with Crippen LogP contribution in [0.15, 0.2) is 36.4 Å². The minimum Gasteiger partial charge on any atom is -0.662 e. The SMILES string of the molecule is COC(=O)Cl.COC(=O)Nc1ccc(F)c(Cl)c1.Nc1ccc(F)c(Cl)c1.O=CO[O-].[Na+]. The zero-order valence-corrected chi connectivity index (χ0v) is 21.1. The number of carbonyl (C=O) groups excluding carboxylic acids is 3. The Kier molecular flexibility index (Phi) is 22.8. The summed E-state index contributed by atoms with van der Waals surface area (Å²) < 4.78 is 33.2. The van der Waals surface area contributed by atoms with E-state index in [1.807, 2.05) is 0 Å². The molecule has 0 spiro atoms. The summed E-state index contributed by atoms with van der Waals surface area (Å²) in [5, 5.41) is 10.8. The maximum atomic E-state index is 12.6. The van der Waals surface area contributed by atoms with E-state index in [4.69, 9.17) is 39.0 Å². The van der Waals surface area contributed by atoms with Gasteiger partial charge in [0.25, 0.3) is 6.47 Å². The van der Waals surface area contributed by atoms with E-state index in [0.717, 1.165) is 6.07 Å². The van der Waals surface area contributed by atoms with Gasteiger partial charge in [0.15, 0.2) is 0 Å². The number of amides is 1. The number of anilines is 2. The van der Waals surface area contributed by atoms with Crippen molar-refractivity contribution in [3.05, 3.63) is 58.1 Å². The van der Waals surface area contributed by atoms with Gasteiger partial charge < -0.3 is 25.4 Å². The third-order valence-corrected chi connectivity index (χ3v) is 3.23. The topological polar surface area (TPSA) is 140 Å². The van der Waals surface area contributed by atoms with Crippen LogP contribution in [0.5, 0.6) is 0 Å². The molecule has 0 saturated heterocycles. The summed E-state index contributed by atoms with van der Waals surface area (Å²) in [6, 6.07) is 7.91. The number of ether oxygens (including phenoxy) is 2. The predicted molar refractivity (Wildman–Crippen MR) is 109 cm³/mol. The zero-order chi connectivity index (χ0) is 24.4. The van der Waals surface area contributed by atoms with Crippen molar-refractivity contribution < 1.29 is 72.3 Å². The molecule has 0 heterocycles. The molecule has 1 amide bonds. The van der Waals surface area contributed by atoms with Crippen molar-refractivity contribution >= 4 is 64.2 Å². The summed E-state index contributed by atoms with van der Waals surface area (Å²) in [4.78, 5) is 31.3. The van der Waals surface area contributed by atoms with Crippen LogP contribution in [-0.2, 0) is 19.2 Å². The Morgan fingerprint density at radius 1 is 1.03 bits per heavy atom. The molecule has 0 atom stereocenters. The van der Waals surface area contributed by atoms with Crippen molar-refractivity contribution in [2.24, 2.45) is 0 Å². The quantitative estimate of drug-likeness (QED) is 0.148. The molecule has 0 aromatic heterocycles. The van der Waals surface area contributed by atoms with Gasteiger partial charge in [0.2, 0.25) is 0 Å². The summed E-state index contributed by atoms with van der Waals surface area (Å²) in [6.07, 6.45) is -0.623. The van der Waals surface area contributed by atoms with Gasteiger partial charge in [-0.2, -0.15) is 0 Å². The van der Waals surface area contributed by atoms with Crippen molar-refractivity contribution in [3.8, 4) is 0 Å². The number of hydrogen-bond donors (Lipinski definition) is 2.